The van der Waals surface area contributed by atoms with Gasteiger partial charge in [0, 0.05) is 19.6 Å². The molecule has 5 heteroatoms. The van der Waals surface area contributed by atoms with Gasteiger partial charge < -0.3 is 20.7 Å². The number of anilines is 1. The van der Waals surface area contributed by atoms with Crippen molar-refractivity contribution in [2.45, 2.75) is 32.2 Å². The third-order valence-electron chi connectivity index (χ3n) is 3.63. The van der Waals surface area contributed by atoms with Gasteiger partial charge in [0.1, 0.15) is 5.75 Å². The highest BCUT2D eigenvalue weighted by Gasteiger charge is 2.14. The number of carbonyl (C=O) groups is 1. The second kappa shape index (κ2) is 7.03. The molecule has 1 heterocycles. The highest BCUT2D eigenvalue weighted by molar-refractivity contribution is 5.74. The van der Waals surface area contributed by atoms with E-state index in [4.69, 9.17) is 10.5 Å². The summed E-state index contributed by atoms with van der Waals surface area (Å²) in [4.78, 5) is 14.0. The molecule has 2 rings (SSSR count). The number of methoxy groups -OCH3 is 1. The number of nitrogens with zero attached hydrogens (tertiary/aromatic N) is 1. The molecule has 3 N–H and O–H groups in total. The molecular formula is C15H23N3O2. The van der Waals surface area contributed by atoms with Gasteiger partial charge in [-0.05, 0) is 30.5 Å². The highest BCUT2D eigenvalue weighted by atomic mass is 16.5. The molecule has 0 unspecified atom stereocenters. The molecule has 0 bridgehead atoms. The van der Waals surface area contributed by atoms with Crippen LogP contribution in [0.1, 0.15) is 31.2 Å². The zero-order valence-corrected chi connectivity index (χ0v) is 12.0. The maximum atomic E-state index is 12.1. The normalized spacial score (nSPS) is 15.6. The highest BCUT2D eigenvalue weighted by Crippen LogP contribution is 2.21. The van der Waals surface area contributed by atoms with Gasteiger partial charge >= 0.3 is 6.03 Å². The van der Waals surface area contributed by atoms with Gasteiger partial charge in [0.15, 0.2) is 0 Å². The number of benzene rings is 1. The smallest absolute Gasteiger partial charge is 0.317 e. The molecule has 1 aliphatic heterocycles. The second-order valence-corrected chi connectivity index (χ2v) is 5.14. The Morgan fingerprint density at radius 2 is 2.00 bits per heavy atom. The zero-order chi connectivity index (χ0) is 14.4. The van der Waals surface area contributed by atoms with Crippen LogP contribution < -0.4 is 15.8 Å². The van der Waals surface area contributed by atoms with Gasteiger partial charge in [-0.2, -0.15) is 0 Å². The number of hydrogen-bond acceptors (Lipinski definition) is 3. The van der Waals surface area contributed by atoms with Crippen molar-refractivity contribution in [1.29, 1.82) is 0 Å². The molecule has 0 atom stereocenters. The van der Waals surface area contributed by atoms with E-state index in [0.717, 1.165) is 31.5 Å². The van der Waals surface area contributed by atoms with Crippen LogP contribution in [0, 0.1) is 0 Å². The molecule has 0 radical (unpaired) electrons. The first kappa shape index (κ1) is 14.5. The lowest BCUT2D eigenvalue weighted by molar-refractivity contribution is 0.199. The van der Waals surface area contributed by atoms with E-state index in [1.54, 1.807) is 7.11 Å². The fourth-order valence-electron chi connectivity index (χ4n) is 2.46. The summed E-state index contributed by atoms with van der Waals surface area (Å²) in [5.74, 6) is 0.660. The first-order valence-electron chi connectivity index (χ1n) is 7.16. The average molecular weight is 277 g/mol. The molecule has 1 saturated heterocycles. The fourth-order valence-corrected chi connectivity index (χ4v) is 2.46. The fraction of sp³-hybridized carbons (Fsp3) is 0.533. The van der Waals surface area contributed by atoms with Crippen LogP contribution in [0.4, 0.5) is 10.5 Å². The summed E-state index contributed by atoms with van der Waals surface area (Å²) in [7, 11) is 1.59. The zero-order valence-electron chi connectivity index (χ0n) is 12.0. The second-order valence-electron chi connectivity index (χ2n) is 5.14. The summed E-state index contributed by atoms with van der Waals surface area (Å²) in [6, 6.07) is 5.59. The lowest BCUT2D eigenvalue weighted by Gasteiger charge is -2.20. The predicted octanol–water partition coefficient (Wildman–Crippen LogP) is 2.36. The van der Waals surface area contributed by atoms with Gasteiger partial charge in [-0.3, -0.25) is 0 Å². The van der Waals surface area contributed by atoms with Crippen molar-refractivity contribution in [2.24, 2.45) is 0 Å². The summed E-state index contributed by atoms with van der Waals surface area (Å²) in [6.07, 6.45) is 4.64. The van der Waals surface area contributed by atoms with E-state index in [9.17, 15) is 4.79 Å². The maximum absolute atomic E-state index is 12.1. The van der Waals surface area contributed by atoms with E-state index in [-0.39, 0.29) is 6.03 Å². The Balaban J connectivity index is 1.87. The molecule has 1 fully saturated rings. The summed E-state index contributed by atoms with van der Waals surface area (Å²) >= 11 is 0. The third-order valence-corrected chi connectivity index (χ3v) is 3.63. The molecule has 1 aromatic rings. The lowest BCUT2D eigenvalue weighted by Crippen LogP contribution is -2.40. The minimum Gasteiger partial charge on any atom is -0.495 e. The van der Waals surface area contributed by atoms with Crippen molar-refractivity contribution in [3.05, 3.63) is 23.8 Å². The Bertz CT molecular complexity index is 454. The average Bonchev–Trinajstić information content (AvgIpc) is 2.74. The van der Waals surface area contributed by atoms with Gasteiger partial charge in [0.2, 0.25) is 0 Å². The van der Waals surface area contributed by atoms with Crippen LogP contribution in [0.25, 0.3) is 0 Å². The van der Waals surface area contributed by atoms with Crippen LogP contribution in [-0.4, -0.2) is 31.1 Å². The Kier molecular flexibility index (Phi) is 5.09. The molecule has 110 valence electrons. The molecule has 0 aliphatic carbocycles. The number of nitrogens with two attached hydrogens (primary N) is 1. The Morgan fingerprint density at radius 3 is 2.60 bits per heavy atom. The lowest BCUT2D eigenvalue weighted by atomic mass is 10.2. The van der Waals surface area contributed by atoms with Crippen molar-refractivity contribution in [3.8, 4) is 5.75 Å². The van der Waals surface area contributed by atoms with Crippen LogP contribution in [0.5, 0.6) is 5.75 Å². The number of amides is 2. The quantitative estimate of drug-likeness (QED) is 0.833. The van der Waals surface area contributed by atoms with E-state index < -0.39 is 0 Å². The number of nitrogen functional groups attached to an aromatic ring is 1. The van der Waals surface area contributed by atoms with Crippen LogP contribution in [0.15, 0.2) is 18.2 Å². The van der Waals surface area contributed by atoms with E-state index in [2.05, 4.69) is 5.32 Å². The van der Waals surface area contributed by atoms with Gasteiger partial charge in [0.05, 0.1) is 12.8 Å². The summed E-state index contributed by atoms with van der Waals surface area (Å²) in [5, 5.41) is 2.95. The van der Waals surface area contributed by atoms with Gasteiger partial charge in [-0.15, -0.1) is 0 Å². The van der Waals surface area contributed by atoms with E-state index >= 15 is 0 Å². The summed E-state index contributed by atoms with van der Waals surface area (Å²) in [6.45, 7) is 2.21. The molecule has 20 heavy (non-hydrogen) atoms. The maximum Gasteiger partial charge on any atom is 0.317 e. The summed E-state index contributed by atoms with van der Waals surface area (Å²) < 4.78 is 5.11. The minimum atomic E-state index is 0.0151. The predicted molar refractivity (Wildman–Crippen MR) is 79.7 cm³/mol. The minimum absolute atomic E-state index is 0.0151. The van der Waals surface area contributed by atoms with E-state index in [1.807, 2.05) is 23.1 Å². The number of urea groups is 1. The number of ether oxygens (including phenoxy) is 1. The Labute approximate surface area is 120 Å². The van der Waals surface area contributed by atoms with Crippen molar-refractivity contribution in [2.75, 3.05) is 25.9 Å². The standard InChI is InChI=1S/C15H23N3O2/c1-20-14-7-6-12(10-13(14)16)11-17-15(19)18-8-4-2-3-5-9-18/h6-7,10H,2-5,8-9,11,16H2,1H3,(H,17,19). The largest absolute Gasteiger partial charge is 0.495 e. The third kappa shape index (κ3) is 3.79. The molecule has 1 aliphatic rings. The summed E-state index contributed by atoms with van der Waals surface area (Å²) in [5.41, 5.74) is 7.42. The molecule has 0 spiro atoms. The first-order valence-corrected chi connectivity index (χ1v) is 7.16. The first-order chi connectivity index (χ1) is 9.70. The molecule has 5 nitrogen and oxygen atoms in total. The van der Waals surface area contributed by atoms with Crippen LogP contribution in [0.2, 0.25) is 0 Å². The van der Waals surface area contributed by atoms with Crippen molar-refractivity contribution in [1.82, 2.24) is 10.2 Å². The Morgan fingerprint density at radius 1 is 1.30 bits per heavy atom. The number of nitrogens with one attached hydrogen (secondary N) is 1. The van der Waals surface area contributed by atoms with Crippen LogP contribution >= 0.6 is 0 Å². The number of hydrogen-bond donors (Lipinski definition) is 2. The van der Waals surface area contributed by atoms with Crippen molar-refractivity contribution in [3.63, 3.8) is 0 Å². The molecule has 1 aromatic carbocycles. The Hall–Kier alpha value is -1.91. The monoisotopic (exact) mass is 277 g/mol. The van der Waals surface area contributed by atoms with E-state index in [0.29, 0.717) is 18.0 Å². The molecule has 0 saturated carbocycles. The topological polar surface area (TPSA) is 67.6 Å². The number of likely N-dealkylation sites (tertiary alicyclic amines) is 1. The van der Waals surface area contributed by atoms with Crippen LogP contribution in [-0.2, 0) is 6.54 Å². The SMILES string of the molecule is COc1ccc(CNC(=O)N2CCCCCC2)cc1N. The van der Waals surface area contributed by atoms with Gasteiger partial charge in [-0.1, -0.05) is 18.9 Å². The molecule has 0 aromatic heterocycles. The number of rotatable bonds is 3. The van der Waals surface area contributed by atoms with Gasteiger partial charge in [-0.25, -0.2) is 4.79 Å². The van der Waals surface area contributed by atoms with Crippen molar-refractivity contribution >= 4 is 11.7 Å². The molecule has 2 amide bonds. The van der Waals surface area contributed by atoms with Gasteiger partial charge in [0.25, 0.3) is 0 Å². The number of carbonyl (C=O) groups excluding carboxylic acids is 1. The van der Waals surface area contributed by atoms with Crippen molar-refractivity contribution < 1.29 is 9.53 Å². The van der Waals surface area contributed by atoms with Crippen LogP contribution in [0.3, 0.4) is 0 Å². The van der Waals surface area contributed by atoms with E-state index in [1.165, 1.54) is 12.8 Å². The molecular weight excluding hydrogens is 254 g/mol.